The van der Waals surface area contributed by atoms with Crippen molar-refractivity contribution < 1.29 is 9.53 Å². The maximum Gasteiger partial charge on any atom is 0.217 e. The Labute approximate surface area is 188 Å². The van der Waals surface area contributed by atoms with Crippen LogP contribution in [0.3, 0.4) is 0 Å². The summed E-state index contributed by atoms with van der Waals surface area (Å²) in [7, 11) is 1.69. The Morgan fingerprint density at radius 3 is 2.81 bits per heavy atom. The first-order valence-electron chi connectivity index (χ1n) is 10.7. The molecule has 1 fully saturated rings. The van der Waals surface area contributed by atoms with Crippen LogP contribution in [0, 0.1) is 5.92 Å². The van der Waals surface area contributed by atoms with Crippen molar-refractivity contribution in [2.45, 2.75) is 32.4 Å². The number of amides is 1. The van der Waals surface area contributed by atoms with Crippen LogP contribution in [-0.4, -0.2) is 36.0 Å². The zero-order valence-corrected chi connectivity index (χ0v) is 18.9. The molecule has 4 rings (SSSR count). The quantitative estimate of drug-likeness (QED) is 0.573. The number of methoxy groups -OCH3 is 1. The number of hydrogen-bond acceptors (Lipinski definition) is 5. The summed E-state index contributed by atoms with van der Waals surface area (Å²) < 4.78 is 5.27. The van der Waals surface area contributed by atoms with Gasteiger partial charge in [-0.1, -0.05) is 30.3 Å². The number of likely N-dealkylation sites (tertiary alicyclic amines) is 1. The lowest BCUT2D eigenvalue weighted by Gasteiger charge is -2.36. The number of carbonyl (C=O) groups is 1. The van der Waals surface area contributed by atoms with Gasteiger partial charge >= 0.3 is 0 Å². The molecular formula is C25H29N3O2S. The fourth-order valence-corrected chi connectivity index (χ4v) is 5.17. The average molecular weight is 436 g/mol. The molecule has 2 aromatic carbocycles. The monoisotopic (exact) mass is 435 g/mol. The van der Waals surface area contributed by atoms with Crippen molar-refractivity contribution in [2.24, 2.45) is 5.92 Å². The van der Waals surface area contributed by atoms with E-state index in [1.807, 2.05) is 23.7 Å². The highest BCUT2D eigenvalue weighted by Gasteiger charge is 2.30. The van der Waals surface area contributed by atoms with E-state index < -0.39 is 0 Å². The Bertz CT molecular complexity index is 988. The lowest BCUT2D eigenvalue weighted by molar-refractivity contribution is -0.120. The summed E-state index contributed by atoms with van der Waals surface area (Å²) in [5.74, 6) is 1.24. The van der Waals surface area contributed by atoms with Crippen LogP contribution in [0.15, 0.2) is 60.1 Å². The first-order valence-corrected chi connectivity index (χ1v) is 11.6. The standard InChI is InChI=1S/C25H29N3O2S/c1-18(29)27-24(25-26-12-14-31-25)22-7-4-13-28(17-22)16-19-5-3-6-21(15-19)20-8-10-23(30-2)11-9-20/h3,5-6,8-12,14-15,22,24H,4,7,13,16-17H2,1-2H3,(H,27,29)/t22-,24+/m1/s1. The van der Waals surface area contributed by atoms with Crippen molar-refractivity contribution in [1.82, 2.24) is 15.2 Å². The van der Waals surface area contributed by atoms with Gasteiger partial charge in [0, 0.05) is 31.6 Å². The Hall–Kier alpha value is -2.70. The molecule has 1 N–H and O–H groups in total. The van der Waals surface area contributed by atoms with Crippen LogP contribution in [0.4, 0.5) is 0 Å². The molecule has 0 saturated carbocycles. The molecule has 0 aliphatic carbocycles. The van der Waals surface area contributed by atoms with E-state index >= 15 is 0 Å². The van der Waals surface area contributed by atoms with Crippen molar-refractivity contribution in [1.29, 1.82) is 0 Å². The van der Waals surface area contributed by atoms with Gasteiger partial charge in [0.05, 0.1) is 13.2 Å². The number of nitrogens with one attached hydrogen (secondary N) is 1. The highest BCUT2D eigenvalue weighted by atomic mass is 32.1. The Kier molecular flexibility index (Phi) is 6.99. The summed E-state index contributed by atoms with van der Waals surface area (Å²) in [5.41, 5.74) is 3.71. The number of rotatable bonds is 7. The molecule has 1 saturated heterocycles. The number of hydrogen-bond donors (Lipinski definition) is 1. The van der Waals surface area contributed by atoms with Crippen LogP contribution in [0.25, 0.3) is 11.1 Å². The number of aromatic nitrogens is 1. The molecule has 3 aromatic rings. The lowest BCUT2D eigenvalue weighted by Crippen LogP contribution is -2.42. The predicted octanol–water partition coefficient (Wildman–Crippen LogP) is 4.91. The van der Waals surface area contributed by atoms with Crippen molar-refractivity contribution in [2.75, 3.05) is 20.2 Å². The largest absolute Gasteiger partial charge is 0.497 e. The van der Waals surface area contributed by atoms with E-state index in [9.17, 15) is 4.79 Å². The maximum atomic E-state index is 11.8. The molecule has 2 atom stereocenters. The topological polar surface area (TPSA) is 54.5 Å². The third-order valence-corrected chi connectivity index (χ3v) is 6.70. The van der Waals surface area contributed by atoms with Gasteiger partial charge in [-0.15, -0.1) is 11.3 Å². The van der Waals surface area contributed by atoms with E-state index in [0.29, 0.717) is 5.92 Å². The van der Waals surface area contributed by atoms with E-state index in [2.05, 4.69) is 51.6 Å². The van der Waals surface area contributed by atoms with Crippen molar-refractivity contribution in [3.05, 3.63) is 70.7 Å². The number of ether oxygens (including phenoxy) is 1. The van der Waals surface area contributed by atoms with Gasteiger partial charge in [0.25, 0.3) is 0 Å². The highest BCUT2D eigenvalue weighted by Crippen LogP contribution is 2.32. The van der Waals surface area contributed by atoms with Gasteiger partial charge in [0.1, 0.15) is 10.8 Å². The molecule has 6 heteroatoms. The summed E-state index contributed by atoms with van der Waals surface area (Å²) in [6, 6.07) is 16.9. The van der Waals surface area contributed by atoms with Gasteiger partial charge in [-0.05, 0) is 60.2 Å². The molecule has 162 valence electrons. The molecule has 1 aliphatic rings. The zero-order chi connectivity index (χ0) is 21.6. The molecule has 1 aliphatic heterocycles. The smallest absolute Gasteiger partial charge is 0.217 e. The van der Waals surface area contributed by atoms with Crippen molar-refractivity contribution in [3.8, 4) is 16.9 Å². The molecular weight excluding hydrogens is 406 g/mol. The molecule has 1 aromatic heterocycles. The fourth-order valence-electron chi connectivity index (χ4n) is 4.39. The minimum Gasteiger partial charge on any atom is -0.497 e. The average Bonchev–Trinajstić information content (AvgIpc) is 3.32. The number of benzene rings is 2. The third-order valence-electron chi connectivity index (χ3n) is 5.85. The van der Waals surface area contributed by atoms with Crippen LogP contribution in [0.1, 0.15) is 36.4 Å². The van der Waals surface area contributed by atoms with Gasteiger partial charge in [0.15, 0.2) is 0 Å². The Morgan fingerprint density at radius 1 is 1.26 bits per heavy atom. The summed E-state index contributed by atoms with van der Waals surface area (Å²) in [6.45, 7) is 4.53. The van der Waals surface area contributed by atoms with Crippen LogP contribution in [-0.2, 0) is 11.3 Å². The van der Waals surface area contributed by atoms with Crippen molar-refractivity contribution >= 4 is 17.2 Å². The van der Waals surface area contributed by atoms with Crippen molar-refractivity contribution in [3.63, 3.8) is 0 Å². The number of nitrogens with zero attached hydrogens (tertiary/aromatic N) is 2. The summed E-state index contributed by atoms with van der Waals surface area (Å²) in [6.07, 6.45) is 4.05. The molecule has 31 heavy (non-hydrogen) atoms. The van der Waals surface area contributed by atoms with Crippen LogP contribution in [0.2, 0.25) is 0 Å². The fraction of sp³-hybridized carbons (Fsp3) is 0.360. The van der Waals surface area contributed by atoms with Crippen LogP contribution in [0.5, 0.6) is 5.75 Å². The number of piperidine rings is 1. The molecule has 2 heterocycles. The van der Waals surface area contributed by atoms with E-state index in [-0.39, 0.29) is 11.9 Å². The summed E-state index contributed by atoms with van der Waals surface area (Å²) >= 11 is 1.62. The summed E-state index contributed by atoms with van der Waals surface area (Å²) in [5, 5.41) is 6.13. The van der Waals surface area contributed by atoms with E-state index in [0.717, 1.165) is 43.2 Å². The van der Waals surface area contributed by atoms with Gasteiger partial charge in [0.2, 0.25) is 5.91 Å². The predicted molar refractivity (Wildman–Crippen MR) is 125 cm³/mol. The van der Waals surface area contributed by atoms with Crippen LogP contribution < -0.4 is 10.1 Å². The SMILES string of the molecule is COc1ccc(-c2cccc(CN3CCC[C@@H]([C@H](NC(C)=O)c4nccs4)C3)c2)cc1. The van der Waals surface area contributed by atoms with Gasteiger partial charge < -0.3 is 10.1 Å². The lowest BCUT2D eigenvalue weighted by atomic mass is 9.90. The van der Waals surface area contributed by atoms with Gasteiger partial charge in [-0.25, -0.2) is 4.98 Å². The molecule has 0 unspecified atom stereocenters. The van der Waals surface area contributed by atoms with Gasteiger partial charge in [-0.2, -0.15) is 0 Å². The normalized spacial score (nSPS) is 17.8. The second-order valence-corrected chi connectivity index (χ2v) is 9.04. The number of carbonyl (C=O) groups excluding carboxylic acids is 1. The first-order chi connectivity index (χ1) is 15.1. The molecule has 0 radical (unpaired) electrons. The molecule has 5 nitrogen and oxygen atoms in total. The Morgan fingerprint density at radius 2 is 2.10 bits per heavy atom. The number of thiazole rings is 1. The minimum atomic E-state index is -0.00839. The second-order valence-electron chi connectivity index (χ2n) is 8.11. The summed E-state index contributed by atoms with van der Waals surface area (Å²) in [4.78, 5) is 18.8. The molecule has 1 amide bonds. The van der Waals surface area contributed by atoms with Crippen LogP contribution >= 0.6 is 11.3 Å². The van der Waals surface area contributed by atoms with E-state index in [1.54, 1.807) is 25.4 Å². The minimum absolute atomic E-state index is 0.00418. The highest BCUT2D eigenvalue weighted by molar-refractivity contribution is 7.09. The first kappa shape index (κ1) is 21.5. The van der Waals surface area contributed by atoms with E-state index in [4.69, 9.17) is 4.74 Å². The second kappa shape index (κ2) is 10.1. The zero-order valence-electron chi connectivity index (χ0n) is 18.1. The maximum absolute atomic E-state index is 11.8. The third kappa shape index (κ3) is 5.51. The molecule has 0 spiro atoms. The van der Waals surface area contributed by atoms with E-state index in [1.165, 1.54) is 16.7 Å². The molecule has 0 bridgehead atoms. The van der Waals surface area contributed by atoms with Gasteiger partial charge in [-0.3, -0.25) is 9.69 Å². The Balaban J connectivity index is 1.46.